The molecule has 0 saturated heterocycles. The number of rotatable bonds is 12. The maximum Gasteiger partial charge on any atom is 0.308 e. The molecule has 4 aromatic rings. The molecule has 0 atom stereocenters. The highest BCUT2D eigenvalue weighted by atomic mass is 16.7. The fourth-order valence-corrected chi connectivity index (χ4v) is 4.47. The lowest BCUT2D eigenvalue weighted by Gasteiger charge is -2.09. The highest BCUT2D eigenvalue weighted by Gasteiger charge is 2.37. The highest BCUT2D eigenvalue weighted by Crippen LogP contribution is 2.42. The molecule has 3 aromatic carbocycles. The van der Waals surface area contributed by atoms with Crippen molar-refractivity contribution in [1.29, 1.82) is 0 Å². The van der Waals surface area contributed by atoms with E-state index in [0.717, 1.165) is 0 Å². The third kappa shape index (κ3) is 6.33. The summed E-state index contributed by atoms with van der Waals surface area (Å²) in [6.07, 6.45) is 0.996. The molecule has 0 saturated carbocycles. The molecule has 51 heavy (non-hydrogen) atoms. The van der Waals surface area contributed by atoms with Crippen LogP contribution in [0.4, 0.5) is 56.9 Å². The first kappa shape index (κ1) is 35.1. The van der Waals surface area contributed by atoms with Crippen LogP contribution >= 0.6 is 0 Å². The van der Waals surface area contributed by atoms with Gasteiger partial charge in [-0.05, 0) is 0 Å². The SMILES string of the molecule is O=[N+]([O-])c1cc([N+](=O)[O-])c(N=c2n(-c3c([N+](=O)[O-])cc([N+](=O)[O-])cc3[N+](=O)[O-])ccn2-c2c([N+](=O)[O-])cc([N+](=O)[O-])cc2[N+](=O)[O-])c([N+](=O)[O-])c1. The van der Waals surface area contributed by atoms with E-state index in [9.17, 15) is 91.0 Å². The summed E-state index contributed by atoms with van der Waals surface area (Å²) in [5, 5.41) is 107. The Labute approximate surface area is 272 Å². The van der Waals surface area contributed by atoms with E-state index in [1.165, 1.54) is 0 Å². The first-order valence-corrected chi connectivity index (χ1v) is 12.5. The summed E-state index contributed by atoms with van der Waals surface area (Å²) < 4.78 is 0.368. The molecule has 260 valence electrons. The van der Waals surface area contributed by atoms with E-state index >= 15 is 0 Å². The van der Waals surface area contributed by atoms with E-state index in [0.29, 0.717) is 12.4 Å². The fourth-order valence-electron chi connectivity index (χ4n) is 4.47. The lowest BCUT2D eigenvalue weighted by molar-refractivity contribution is -0.403. The average Bonchev–Trinajstić information content (AvgIpc) is 3.45. The molecule has 1 heterocycles. The second kappa shape index (κ2) is 12.8. The molecule has 0 spiro atoms. The monoisotopic (exact) mass is 716 g/mol. The van der Waals surface area contributed by atoms with Crippen molar-refractivity contribution >= 4 is 56.9 Å². The number of nitrogens with zero attached hydrogens (tertiary/aromatic N) is 12. The van der Waals surface area contributed by atoms with Crippen molar-refractivity contribution in [3.05, 3.63) is 145 Å². The Morgan fingerprint density at radius 2 is 0.608 bits per heavy atom. The predicted molar refractivity (Wildman–Crippen MR) is 157 cm³/mol. The van der Waals surface area contributed by atoms with Crippen LogP contribution in [0.1, 0.15) is 0 Å². The number of hydrogen-bond acceptors (Lipinski definition) is 19. The number of hydrogen-bond donors (Lipinski definition) is 0. The number of nitro groups is 9. The molecule has 0 unspecified atom stereocenters. The topological polar surface area (TPSA) is 410 Å². The van der Waals surface area contributed by atoms with Gasteiger partial charge in [0.25, 0.3) is 17.1 Å². The molecule has 0 aliphatic heterocycles. The Bertz CT molecular complexity index is 2180. The van der Waals surface area contributed by atoms with E-state index in [2.05, 4.69) is 4.99 Å². The van der Waals surface area contributed by atoms with Crippen molar-refractivity contribution in [3.63, 3.8) is 0 Å². The molecular weight excluding hydrogens is 708 g/mol. The van der Waals surface area contributed by atoms with E-state index in [4.69, 9.17) is 0 Å². The molecule has 30 nitrogen and oxygen atoms in total. The van der Waals surface area contributed by atoms with Crippen LogP contribution in [0.15, 0.2) is 53.8 Å². The first-order chi connectivity index (χ1) is 23.8. The van der Waals surface area contributed by atoms with Crippen molar-refractivity contribution in [2.45, 2.75) is 0 Å². The van der Waals surface area contributed by atoms with E-state index in [1.807, 2.05) is 0 Å². The third-order valence-corrected chi connectivity index (χ3v) is 6.47. The van der Waals surface area contributed by atoms with Crippen molar-refractivity contribution in [3.8, 4) is 11.4 Å². The van der Waals surface area contributed by atoms with Gasteiger partial charge in [0.05, 0.1) is 80.7 Å². The van der Waals surface area contributed by atoms with Crippen LogP contribution in [0.3, 0.4) is 0 Å². The van der Waals surface area contributed by atoms with E-state index in [-0.39, 0.29) is 45.5 Å². The largest absolute Gasteiger partial charge is 0.308 e. The summed E-state index contributed by atoms with van der Waals surface area (Å²) in [6.45, 7) is 0. The van der Waals surface area contributed by atoms with Crippen molar-refractivity contribution in [2.24, 2.45) is 4.99 Å². The van der Waals surface area contributed by atoms with Crippen molar-refractivity contribution in [2.75, 3.05) is 0 Å². The quantitative estimate of drug-likeness (QED) is 0.149. The Kier molecular flexibility index (Phi) is 8.83. The molecule has 0 bridgehead atoms. The van der Waals surface area contributed by atoms with Gasteiger partial charge < -0.3 is 0 Å². The second-order valence-corrected chi connectivity index (χ2v) is 9.26. The maximum absolute atomic E-state index is 12.1. The van der Waals surface area contributed by atoms with Crippen LogP contribution in [0.25, 0.3) is 11.4 Å². The molecule has 0 aliphatic carbocycles. The Morgan fingerprint density at radius 3 is 0.824 bits per heavy atom. The van der Waals surface area contributed by atoms with Gasteiger partial charge >= 0.3 is 34.1 Å². The Morgan fingerprint density at radius 1 is 0.373 bits per heavy atom. The smallest absolute Gasteiger partial charge is 0.273 e. The third-order valence-electron chi connectivity index (χ3n) is 6.47. The average molecular weight is 716 g/mol. The Hall–Kier alpha value is -8.73. The zero-order valence-electron chi connectivity index (χ0n) is 23.8. The summed E-state index contributed by atoms with van der Waals surface area (Å²) in [5.74, 6) is 0. The van der Waals surface area contributed by atoms with Crippen LogP contribution in [-0.2, 0) is 0 Å². The number of aromatic nitrogens is 2. The molecule has 0 radical (unpaired) electrons. The molecular formula is C21H8N12O18. The minimum atomic E-state index is -1.55. The second-order valence-electron chi connectivity index (χ2n) is 9.26. The van der Waals surface area contributed by atoms with Gasteiger partial charge in [0.1, 0.15) is 0 Å². The highest BCUT2D eigenvalue weighted by molar-refractivity contribution is 5.75. The van der Waals surface area contributed by atoms with Gasteiger partial charge in [-0.15, -0.1) is 0 Å². The van der Waals surface area contributed by atoms with Crippen LogP contribution in [-0.4, -0.2) is 53.4 Å². The maximum atomic E-state index is 12.1. The molecule has 0 N–H and O–H groups in total. The summed E-state index contributed by atoms with van der Waals surface area (Å²) in [5.41, 5.74) is -18.2. The number of non-ortho nitro benzene ring substituents is 3. The van der Waals surface area contributed by atoms with E-state index < -0.39 is 118 Å². The lowest BCUT2D eigenvalue weighted by Crippen LogP contribution is -2.26. The summed E-state index contributed by atoms with van der Waals surface area (Å²) >= 11 is 0. The van der Waals surface area contributed by atoms with Gasteiger partial charge in [-0.25, -0.2) is 0 Å². The van der Waals surface area contributed by atoms with Gasteiger partial charge in [-0.1, -0.05) is 0 Å². The number of imidazole rings is 1. The minimum absolute atomic E-state index is 0.150. The minimum Gasteiger partial charge on any atom is -0.273 e. The molecule has 1 aromatic heterocycles. The van der Waals surface area contributed by atoms with Crippen LogP contribution in [0.5, 0.6) is 0 Å². The van der Waals surface area contributed by atoms with Crippen molar-refractivity contribution in [1.82, 2.24) is 9.13 Å². The summed E-state index contributed by atoms with van der Waals surface area (Å²) in [4.78, 5) is 97.9. The number of benzene rings is 3. The van der Waals surface area contributed by atoms with Gasteiger partial charge in [-0.3, -0.25) is 100 Å². The molecule has 0 amide bonds. The predicted octanol–water partition coefficient (Wildman–Crippen LogP) is 3.67. The molecule has 0 fully saturated rings. The van der Waals surface area contributed by atoms with Crippen LogP contribution in [0, 0.1) is 91.0 Å². The zero-order chi connectivity index (χ0) is 38.2. The summed E-state index contributed by atoms with van der Waals surface area (Å²) in [7, 11) is 0. The summed E-state index contributed by atoms with van der Waals surface area (Å²) in [6, 6.07) is 1.04. The fraction of sp³-hybridized carbons (Fsp3) is 0. The number of nitro benzene ring substituents is 9. The van der Waals surface area contributed by atoms with Gasteiger partial charge in [0.2, 0.25) is 22.7 Å². The standard InChI is InChI=1S/C21H8N12O18/c34-25(35)9-3-12(28(40)41)18(13(4-9)29(42)43)22-21-23(19-14(30(44)45)5-10(26(36)37)6-15(19)31(46)47)1-2-24(21)20-16(32(48)49)7-11(27(38)39)8-17(20)33(50)51/h1-8H. The van der Waals surface area contributed by atoms with Gasteiger partial charge in [0.15, 0.2) is 0 Å². The molecule has 30 heteroatoms. The van der Waals surface area contributed by atoms with Crippen LogP contribution in [0.2, 0.25) is 0 Å². The van der Waals surface area contributed by atoms with Gasteiger partial charge in [0, 0.05) is 12.4 Å². The van der Waals surface area contributed by atoms with Gasteiger partial charge in [-0.2, -0.15) is 4.99 Å². The van der Waals surface area contributed by atoms with E-state index in [1.54, 1.807) is 0 Å². The molecule has 4 rings (SSSR count). The van der Waals surface area contributed by atoms with Crippen LogP contribution < -0.4 is 5.62 Å². The first-order valence-electron chi connectivity index (χ1n) is 12.5. The zero-order valence-corrected chi connectivity index (χ0v) is 23.8. The Balaban J connectivity index is 2.42. The normalized spacial score (nSPS) is 10.6. The lowest BCUT2D eigenvalue weighted by atomic mass is 10.2. The molecule has 0 aliphatic rings. The van der Waals surface area contributed by atoms with Crippen molar-refractivity contribution < 1.29 is 44.3 Å².